The quantitative estimate of drug-likeness (QED) is 0.434. The molecule has 1 aliphatic rings. The predicted octanol–water partition coefficient (Wildman–Crippen LogP) is -0.0141. The molecule has 0 aromatic carbocycles. The number of hydrogen-bond acceptors (Lipinski definition) is 6. The number of amides is 1. The van der Waals surface area contributed by atoms with Gasteiger partial charge >= 0.3 is 0 Å². The average Bonchev–Trinajstić information content (AvgIpc) is 3.17. The minimum atomic E-state index is -1.07. The Labute approximate surface area is 130 Å². The van der Waals surface area contributed by atoms with Crippen LogP contribution in [0.2, 0.25) is 0 Å². The molecular formula is C15H25NO6. The van der Waals surface area contributed by atoms with E-state index in [1.54, 1.807) is 27.7 Å². The maximum absolute atomic E-state index is 12.0. The van der Waals surface area contributed by atoms with Crippen LogP contribution in [-0.2, 0) is 23.9 Å². The van der Waals surface area contributed by atoms with Crippen molar-refractivity contribution in [3.63, 3.8) is 0 Å². The fraction of sp³-hybridized carbons (Fsp3) is 0.800. The van der Waals surface area contributed by atoms with Gasteiger partial charge in [0.25, 0.3) is 0 Å². The average molecular weight is 315 g/mol. The summed E-state index contributed by atoms with van der Waals surface area (Å²) in [4.78, 5) is 35.0. The fourth-order valence-corrected chi connectivity index (χ4v) is 1.60. The minimum Gasteiger partial charge on any atom is -0.390 e. The van der Waals surface area contributed by atoms with Crippen LogP contribution in [0.3, 0.4) is 0 Å². The lowest BCUT2D eigenvalue weighted by Crippen LogP contribution is -2.44. The highest BCUT2D eigenvalue weighted by Crippen LogP contribution is 2.15. The van der Waals surface area contributed by atoms with Crippen LogP contribution < -0.4 is 5.32 Å². The van der Waals surface area contributed by atoms with E-state index in [1.807, 2.05) is 0 Å². The number of nitrogens with one attached hydrogen (secondary N) is 1. The molecule has 1 saturated heterocycles. The number of ether oxygens (including phenoxy) is 2. The Morgan fingerprint density at radius 1 is 1.27 bits per heavy atom. The molecule has 0 bridgehead atoms. The van der Waals surface area contributed by atoms with E-state index < -0.39 is 23.2 Å². The van der Waals surface area contributed by atoms with Crippen molar-refractivity contribution in [2.75, 3.05) is 19.8 Å². The Morgan fingerprint density at radius 2 is 1.86 bits per heavy atom. The second kappa shape index (κ2) is 7.30. The van der Waals surface area contributed by atoms with Crippen LogP contribution >= 0.6 is 0 Å². The van der Waals surface area contributed by atoms with Gasteiger partial charge in [0.15, 0.2) is 11.6 Å². The molecule has 0 aromatic heterocycles. The standard InChI is InChI=1S/C15H25NO6/c1-14(2,20)5-6-22-15(3,4)12(18)8-16-13(19)7-10(17)11-9-21-11/h11,20H,5-9H2,1-4H3,(H,16,19). The topological polar surface area (TPSA) is 105 Å². The SMILES string of the molecule is CC(C)(O)CCOC(C)(C)C(=O)CNC(=O)CC(=O)C1CO1. The zero-order valence-electron chi connectivity index (χ0n) is 13.6. The number of hydrogen-bond donors (Lipinski definition) is 2. The molecule has 0 radical (unpaired) electrons. The summed E-state index contributed by atoms with van der Waals surface area (Å²) < 4.78 is 10.3. The molecule has 0 aromatic rings. The highest BCUT2D eigenvalue weighted by atomic mass is 16.6. The first kappa shape index (κ1) is 18.7. The van der Waals surface area contributed by atoms with Crippen molar-refractivity contribution < 1.29 is 29.0 Å². The van der Waals surface area contributed by atoms with Crippen molar-refractivity contribution in [1.29, 1.82) is 0 Å². The summed E-state index contributed by atoms with van der Waals surface area (Å²) >= 11 is 0. The second-order valence-corrected chi connectivity index (χ2v) is 6.59. The second-order valence-electron chi connectivity index (χ2n) is 6.59. The van der Waals surface area contributed by atoms with Gasteiger partial charge in [0, 0.05) is 0 Å². The Morgan fingerprint density at radius 3 is 2.36 bits per heavy atom. The van der Waals surface area contributed by atoms with Gasteiger partial charge in [-0.15, -0.1) is 0 Å². The van der Waals surface area contributed by atoms with Crippen LogP contribution in [0.15, 0.2) is 0 Å². The number of rotatable bonds is 10. The zero-order chi connectivity index (χ0) is 17.0. The summed E-state index contributed by atoms with van der Waals surface area (Å²) in [5, 5.41) is 12.0. The van der Waals surface area contributed by atoms with E-state index in [0.29, 0.717) is 13.0 Å². The molecule has 1 rings (SSSR count). The van der Waals surface area contributed by atoms with Gasteiger partial charge in [0.05, 0.1) is 31.8 Å². The highest BCUT2D eigenvalue weighted by Gasteiger charge is 2.33. The lowest BCUT2D eigenvalue weighted by Gasteiger charge is -2.26. The molecule has 1 aliphatic heterocycles. The van der Waals surface area contributed by atoms with Crippen molar-refractivity contribution >= 4 is 17.5 Å². The van der Waals surface area contributed by atoms with Crippen LogP contribution in [0.1, 0.15) is 40.5 Å². The monoisotopic (exact) mass is 315 g/mol. The number of ketones is 2. The van der Waals surface area contributed by atoms with E-state index in [1.165, 1.54) is 0 Å². The zero-order valence-corrected chi connectivity index (χ0v) is 13.6. The van der Waals surface area contributed by atoms with Crippen molar-refractivity contribution in [1.82, 2.24) is 5.32 Å². The van der Waals surface area contributed by atoms with E-state index in [2.05, 4.69) is 5.32 Å². The molecule has 1 heterocycles. The summed E-state index contributed by atoms with van der Waals surface area (Å²) in [5.41, 5.74) is -1.93. The molecule has 0 saturated carbocycles. The van der Waals surface area contributed by atoms with Gasteiger partial charge < -0.3 is 19.9 Å². The Bertz CT molecular complexity index is 434. The number of Topliss-reactive ketones (excluding diaryl/α,β-unsaturated/α-hetero) is 2. The van der Waals surface area contributed by atoms with E-state index >= 15 is 0 Å². The molecule has 1 unspecified atom stereocenters. The van der Waals surface area contributed by atoms with Crippen LogP contribution in [0.25, 0.3) is 0 Å². The Kier molecular flexibility index (Phi) is 6.22. The molecule has 2 N–H and O–H groups in total. The Balaban J connectivity index is 2.29. The maximum atomic E-state index is 12.0. The highest BCUT2D eigenvalue weighted by molar-refractivity contribution is 6.02. The molecule has 7 nitrogen and oxygen atoms in total. The molecule has 1 atom stereocenters. The lowest BCUT2D eigenvalue weighted by atomic mass is 10.0. The van der Waals surface area contributed by atoms with E-state index in [9.17, 15) is 19.5 Å². The van der Waals surface area contributed by atoms with Crippen LogP contribution in [0, 0.1) is 0 Å². The van der Waals surface area contributed by atoms with Crippen molar-refractivity contribution in [2.45, 2.75) is 57.8 Å². The van der Waals surface area contributed by atoms with Gasteiger partial charge in [0.1, 0.15) is 11.7 Å². The first-order valence-electron chi connectivity index (χ1n) is 7.32. The largest absolute Gasteiger partial charge is 0.390 e. The normalized spacial score (nSPS) is 18.0. The van der Waals surface area contributed by atoms with E-state index in [-0.39, 0.29) is 31.1 Å². The van der Waals surface area contributed by atoms with Crippen LogP contribution in [0.5, 0.6) is 0 Å². The summed E-state index contributed by atoms with van der Waals surface area (Å²) in [6.45, 7) is 6.93. The summed E-state index contributed by atoms with van der Waals surface area (Å²) in [7, 11) is 0. The molecule has 1 amide bonds. The first-order valence-corrected chi connectivity index (χ1v) is 7.32. The number of epoxide rings is 1. The first-order chi connectivity index (χ1) is 10.0. The van der Waals surface area contributed by atoms with Crippen LogP contribution in [-0.4, -0.2) is 59.6 Å². The van der Waals surface area contributed by atoms with Gasteiger partial charge in [-0.1, -0.05) is 0 Å². The molecule has 0 spiro atoms. The van der Waals surface area contributed by atoms with Gasteiger partial charge in [0.2, 0.25) is 5.91 Å². The summed E-state index contributed by atoms with van der Waals surface area (Å²) in [5.74, 6) is -1.07. The van der Waals surface area contributed by atoms with E-state index in [0.717, 1.165) is 0 Å². The van der Waals surface area contributed by atoms with Crippen molar-refractivity contribution in [3.05, 3.63) is 0 Å². The third-order valence-corrected chi connectivity index (χ3v) is 3.32. The smallest absolute Gasteiger partial charge is 0.227 e. The molecule has 126 valence electrons. The summed E-state index contributed by atoms with van der Waals surface area (Å²) in [6, 6.07) is 0. The van der Waals surface area contributed by atoms with Crippen molar-refractivity contribution in [3.8, 4) is 0 Å². The molecular weight excluding hydrogens is 290 g/mol. The molecule has 0 aliphatic carbocycles. The summed E-state index contributed by atoms with van der Waals surface area (Å²) in [6.07, 6.45) is -0.341. The van der Waals surface area contributed by atoms with Crippen molar-refractivity contribution in [2.24, 2.45) is 0 Å². The third-order valence-electron chi connectivity index (χ3n) is 3.32. The fourth-order valence-electron chi connectivity index (χ4n) is 1.60. The molecule has 22 heavy (non-hydrogen) atoms. The van der Waals surface area contributed by atoms with Gasteiger partial charge in [-0.25, -0.2) is 0 Å². The van der Waals surface area contributed by atoms with Gasteiger partial charge in [-0.3, -0.25) is 14.4 Å². The van der Waals surface area contributed by atoms with Gasteiger partial charge in [-0.2, -0.15) is 0 Å². The minimum absolute atomic E-state index is 0.201. The van der Waals surface area contributed by atoms with Crippen LogP contribution in [0.4, 0.5) is 0 Å². The predicted molar refractivity (Wildman–Crippen MR) is 78.3 cm³/mol. The number of carbonyl (C=O) groups is 3. The van der Waals surface area contributed by atoms with Gasteiger partial charge in [-0.05, 0) is 34.1 Å². The third kappa shape index (κ3) is 7.11. The molecule has 7 heteroatoms. The molecule has 1 fully saturated rings. The number of carbonyl (C=O) groups excluding carboxylic acids is 3. The maximum Gasteiger partial charge on any atom is 0.227 e. The Hall–Kier alpha value is -1.31. The lowest BCUT2D eigenvalue weighted by molar-refractivity contribution is -0.142. The number of aliphatic hydroxyl groups is 1. The van der Waals surface area contributed by atoms with E-state index in [4.69, 9.17) is 9.47 Å².